The fourth-order valence-electron chi connectivity index (χ4n) is 1.82. The van der Waals surface area contributed by atoms with E-state index in [1.807, 2.05) is 24.4 Å². The largest absolute Gasteiger partial charge is 0.375 e. The molecule has 0 fully saturated rings. The lowest BCUT2D eigenvalue weighted by molar-refractivity contribution is 0.0444. The fraction of sp³-hybridized carbons (Fsp3) is 0.583. The number of ether oxygens (including phenoxy) is 1. The topological polar surface area (TPSA) is 22.1 Å². The average Bonchev–Trinajstić information content (AvgIpc) is 2.27. The number of rotatable bonds is 5. The zero-order valence-electron chi connectivity index (χ0n) is 9.23. The van der Waals surface area contributed by atoms with E-state index in [2.05, 4.69) is 18.8 Å². The molecular formula is C12H19NO. The molecule has 14 heavy (non-hydrogen) atoms. The van der Waals surface area contributed by atoms with Crippen LogP contribution < -0.4 is 0 Å². The number of pyridine rings is 1. The minimum absolute atomic E-state index is 0.145. The van der Waals surface area contributed by atoms with Gasteiger partial charge in [0.2, 0.25) is 0 Å². The third-order valence-corrected chi connectivity index (χ3v) is 2.71. The third kappa shape index (κ3) is 2.55. The Balaban J connectivity index is 2.81. The van der Waals surface area contributed by atoms with Crippen LogP contribution in [0.4, 0.5) is 0 Å². The second kappa shape index (κ2) is 5.76. The van der Waals surface area contributed by atoms with Gasteiger partial charge in [0.15, 0.2) is 0 Å². The lowest BCUT2D eigenvalue weighted by atomic mass is 9.94. The molecule has 0 saturated carbocycles. The number of hydrogen-bond acceptors (Lipinski definition) is 2. The summed E-state index contributed by atoms with van der Waals surface area (Å²) < 4.78 is 5.52. The van der Waals surface area contributed by atoms with Gasteiger partial charge in [-0.15, -0.1) is 0 Å². The second-order valence-corrected chi connectivity index (χ2v) is 3.49. The molecule has 0 aliphatic heterocycles. The summed E-state index contributed by atoms with van der Waals surface area (Å²) in [7, 11) is 1.76. The summed E-state index contributed by atoms with van der Waals surface area (Å²) in [4.78, 5) is 4.34. The van der Waals surface area contributed by atoms with Gasteiger partial charge in [-0.2, -0.15) is 0 Å². The summed E-state index contributed by atoms with van der Waals surface area (Å²) in [6.45, 7) is 4.40. The Bertz CT molecular complexity index is 244. The van der Waals surface area contributed by atoms with Crippen LogP contribution in [0.2, 0.25) is 0 Å². The SMILES string of the molecule is CCC(CC)C(OC)c1ccccn1. The van der Waals surface area contributed by atoms with Crippen LogP contribution in [-0.4, -0.2) is 12.1 Å². The molecule has 1 unspecified atom stereocenters. The first-order valence-corrected chi connectivity index (χ1v) is 5.27. The Kier molecular flexibility index (Phi) is 4.60. The van der Waals surface area contributed by atoms with E-state index in [1.165, 1.54) is 0 Å². The van der Waals surface area contributed by atoms with Gasteiger partial charge in [0.05, 0.1) is 5.69 Å². The first-order chi connectivity index (χ1) is 6.83. The van der Waals surface area contributed by atoms with Crippen molar-refractivity contribution in [3.63, 3.8) is 0 Å². The lowest BCUT2D eigenvalue weighted by Gasteiger charge is -2.23. The van der Waals surface area contributed by atoms with Gasteiger partial charge >= 0.3 is 0 Å². The van der Waals surface area contributed by atoms with Crippen LogP contribution in [-0.2, 0) is 4.74 Å². The van der Waals surface area contributed by atoms with Crippen molar-refractivity contribution in [2.24, 2.45) is 5.92 Å². The molecule has 1 rings (SSSR count). The maximum atomic E-state index is 5.52. The highest BCUT2D eigenvalue weighted by Gasteiger charge is 2.20. The maximum Gasteiger partial charge on any atom is 0.102 e. The van der Waals surface area contributed by atoms with Gasteiger partial charge in [0.1, 0.15) is 6.10 Å². The predicted octanol–water partition coefficient (Wildman–Crippen LogP) is 3.21. The van der Waals surface area contributed by atoms with E-state index in [-0.39, 0.29) is 6.10 Å². The Labute approximate surface area is 86.3 Å². The van der Waals surface area contributed by atoms with Crippen molar-refractivity contribution >= 4 is 0 Å². The Morgan fingerprint density at radius 2 is 2.00 bits per heavy atom. The number of aromatic nitrogens is 1. The van der Waals surface area contributed by atoms with E-state index in [1.54, 1.807) is 7.11 Å². The van der Waals surface area contributed by atoms with Gasteiger partial charge in [0.25, 0.3) is 0 Å². The van der Waals surface area contributed by atoms with Crippen molar-refractivity contribution in [1.29, 1.82) is 0 Å². The predicted molar refractivity (Wildman–Crippen MR) is 58.1 cm³/mol. The van der Waals surface area contributed by atoms with E-state index in [9.17, 15) is 0 Å². The molecule has 0 amide bonds. The molecule has 0 aliphatic rings. The molecule has 1 aromatic rings. The van der Waals surface area contributed by atoms with Crippen LogP contribution in [0.1, 0.15) is 38.5 Å². The molecule has 78 valence electrons. The van der Waals surface area contributed by atoms with Gasteiger partial charge < -0.3 is 4.74 Å². The van der Waals surface area contributed by atoms with Crippen LogP contribution in [0.25, 0.3) is 0 Å². The highest BCUT2D eigenvalue weighted by atomic mass is 16.5. The highest BCUT2D eigenvalue weighted by molar-refractivity contribution is 5.07. The first-order valence-electron chi connectivity index (χ1n) is 5.27. The number of methoxy groups -OCH3 is 1. The number of nitrogens with zero attached hydrogens (tertiary/aromatic N) is 1. The monoisotopic (exact) mass is 193 g/mol. The highest BCUT2D eigenvalue weighted by Crippen LogP contribution is 2.28. The minimum Gasteiger partial charge on any atom is -0.375 e. The third-order valence-electron chi connectivity index (χ3n) is 2.71. The zero-order chi connectivity index (χ0) is 10.4. The molecule has 0 N–H and O–H groups in total. The van der Waals surface area contributed by atoms with E-state index >= 15 is 0 Å². The van der Waals surface area contributed by atoms with Gasteiger partial charge in [-0.3, -0.25) is 4.98 Å². The van der Waals surface area contributed by atoms with Crippen LogP contribution in [0, 0.1) is 5.92 Å². The van der Waals surface area contributed by atoms with Gasteiger partial charge in [-0.1, -0.05) is 32.8 Å². The zero-order valence-corrected chi connectivity index (χ0v) is 9.23. The lowest BCUT2D eigenvalue weighted by Crippen LogP contribution is -2.14. The molecule has 1 heterocycles. The van der Waals surface area contributed by atoms with Crippen molar-refractivity contribution in [3.05, 3.63) is 30.1 Å². The molecule has 0 saturated heterocycles. The Morgan fingerprint density at radius 1 is 1.29 bits per heavy atom. The second-order valence-electron chi connectivity index (χ2n) is 3.49. The fourth-order valence-corrected chi connectivity index (χ4v) is 1.82. The summed E-state index contributed by atoms with van der Waals surface area (Å²) in [5.41, 5.74) is 1.05. The van der Waals surface area contributed by atoms with E-state index in [0.717, 1.165) is 18.5 Å². The van der Waals surface area contributed by atoms with Crippen LogP contribution >= 0.6 is 0 Å². The summed E-state index contributed by atoms with van der Waals surface area (Å²) in [6, 6.07) is 5.98. The minimum atomic E-state index is 0.145. The molecule has 0 bridgehead atoms. The van der Waals surface area contributed by atoms with Crippen LogP contribution in [0.15, 0.2) is 24.4 Å². The molecule has 0 spiro atoms. The molecule has 2 nitrogen and oxygen atoms in total. The van der Waals surface area contributed by atoms with E-state index in [0.29, 0.717) is 5.92 Å². The standard InChI is InChI=1S/C12H19NO/c1-4-10(5-2)12(14-3)11-8-6-7-9-13-11/h6-10,12H,4-5H2,1-3H3. The summed E-state index contributed by atoms with van der Waals surface area (Å²) in [6.07, 6.45) is 4.23. The van der Waals surface area contributed by atoms with Crippen molar-refractivity contribution in [1.82, 2.24) is 4.98 Å². The van der Waals surface area contributed by atoms with E-state index in [4.69, 9.17) is 4.74 Å². The Morgan fingerprint density at radius 3 is 2.43 bits per heavy atom. The summed E-state index contributed by atoms with van der Waals surface area (Å²) >= 11 is 0. The van der Waals surface area contributed by atoms with Crippen molar-refractivity contribution < 1.29 is 4.74 Å². The smallest absolute Gasteiger partial charge is 0.102 e. The molecule has 0 aliphatic carbocycles. The summed E-state index contributed by atoms with van der Waals surface area (Å²) in [5, 5.41) is 0. The Hall–Kier alpha value is -0.890. The molecular weight excluding hydrogens is 174 g/mol. The maximum absolute atomic E-state index is 5.52. The molecule has 0 aromatic carbocycles. The first kappa shape index (κ1) is 11.2. The average molecular weight is 193 g/mol. The van der Waals surface area contributed by atoms with Crippen molar-refractivity contribution in [2.75, 3.05) is 7.11 Å². The van der Waals surface area contributed by atoms with Crippen molar-refractivity contribution in [3.8, 4) is 0 Å². The van der Waals surface area contributed by atoms with Gasteiger partial charge in [0, 0.05) is 13.3 Å². The van der Waals surface area contributed by atoms with Crippen molar-refractivity contribution in [2.45, 2.75) is 32.8 Å². The van der Waals surface area contributed by atoms with Crippen LogP contribution in [0.5, 0.6) is 0 Å². The number of hydrogen-bond donors (Lipinski definition) is 0. The van der Waals surface area contributed by atoms with Gasteiger partial charge in [-0.25, -0.2) is 0 Å². The molecule has 2 heteroatoms. The molecule has 1 aromatic heterocycles. The summed E-state index contributed by atoms with van der Waals surface area (Å²) in [5.74, 6) is 0.565. The molecule has 0 radical (unpaired) electrons. The quantitative estimate of drug-likeness (QED) is 0.716. The van der Waals surface area contributed by atoms with Crippen LogP contribution in [0.3, 0.4) is 0 Å². The molecule has 1 atom stereocenters. The van der Waals surface area contributed by atoms with E-state index < -0.39 is 0 Å². The van der Waals surface area contributed by atoms with Gasteiger partial charge in [-0.05, 0) is 18.1 Å². The normalized spacial score (nSPS) is 13.1.